The fourth-order valence-corrected chi connectivity index (χ4v) is 2.70. The molecule has 0 spiro atoms. The van der Waals surface area contributed by atoms with Crippen LogP contribution in [0, 0.1) is 0 Å². The largest absolute Gasteiger partial charge is 0.0839 e. The van der Waals surface area contributed by atoms with Crippen LogP contribution in [0.1, 0.15) is 30.4 Å². The number of hydrogen-bond donors (Lipinski definition) is 0. The standard InChI is InChI=1S/C15H16/c1-3-7-14-11-15-8-4-2-6-13(15)10-9-12(14)5-1/h1,3-5,7-8H,2,6,9-11H2. The van der Waals surface area contributed by atoms with E-state index in [4.69, 9.17) is 0 Å². The molecular weight excluding hydrogens is 180 g/mol. The zero-order chi connectivity index (χ0) is 10.1. The zero-order valence-electron chi connectivity index (χ0n) is 9.00. The van der Waals surface area contributed by atoms with E-state index in [1.54, 1.807) is 16.7 Å². The molecular formula is C15H16. The molecule has 0 unspecified atom stereocenters. The minimum absolute atomic E-state index is 1.15. The molecule has 0 atom stereocenters. The maximum Gasteiger partial charge on any atom is -0.00236 e. The second-order valence-electron chi connectivity index (χ2n) is 4.52. The Kier molecular flexibility index (Phi) is 2.21. The SMILES string of the molecule is C1=CC2=C(CC1)CCc1ccccc1C2. The molecule has 0 aromatic heterocycles. The van der Waals surface area contributed by atoms with Crippen molar-refractivity contribution in [2.24, 2.45) is 0 Å². The summed E-state index contributed by atoms with van der Waals surface area (Å²) in [5, 5.41) is 0. The monoisotopic (exact) mass is 196 g/mol. The minimum atomic E-state index is 1.15. The van der Waals surface area contributed by atoms with Crippen molar-refractivity contribution in [3.8, 4) is 0 Å². The maximum absolute atomic E-state index is 2.35. The number of aryl methyl sites for hydroxylation is 1. The lowest BCUT2D eigenvalue weighted by Gasteiger charge is -2.12. The molecule has 0 amide bonds. The van der Waals surface area contributed by atoms with Gasteiger partial charge in [0.1, 0.15) is 0 Å². The molecule has 0 saturated heterocycles. The molecule has 0 heteroatoms. The van der Waals surface area contributed by atoms with E-state index in [2.05, 4.69) is 36.4 Å². The average Bonchev–Trinajstić information content (AvgIpc) is 2.48. The van der Waals surface area contributed by atoms with Gasteiger partial charge >= 0.3 is 0 Å². The fraction of sp³-hybridized carbons (Fsp3) is 0.333. The molecule has 0 aliphatic heterocycles. The molecule has 3 rings (SSSR count). The summed E-state index contributed by atoms with van der Waals surface area (Å²) >= 11 is 0. The van der Waals surface area contributed by atoms with Gasteiger partial charge in [-0.3, -0.25) is 0 Å². The molecule has 0 N–H and O–H groups in total. The second kappa shape index (κ2) is 3.69. The molecule has 0 radical (unpaired) electrons. The van der Waals surface area contributed by atoms with Gasteiger partial charge in [0.15, 0.2) is 0 Å². The molecule has 0 nitrogen and oxygen atoms in total. The van der Waals surface area contributed by atoms with Gasteiger partial charge in [-0.05, 0) is 48.8 Å². The molecule has 76 valence electrons. The quantitative estimate of drug-likeness (QED) is 0.591. The predicted molar refractivity (Wildman–Crippen MR) is 63.9 cm³/mol. The molecule has 1 aromatic rings. The van der Waals surface area contributed by atoms with Gasteiger partial charge in [-0.2, -0.15) is 0 Å². The van der Waals surface area contributed by atoms with Crippen molar-refractivity contribution in [2.75, 3.05) is 0 Å². The van der Waals surface area contributed by atoms with E-state index < -0.39 is 0 Å². The van der Waals surface area contributed by atoms with Crippen molar-refractivity contribution in [1.29, 1.82) is 0 Å². The van der Waals surface area contributed by atoms with Gasteiger partial charge in [0.25, 0.3) is 0 Å². The van der Waals surface area contributed by atoms with E-state index >= 15 is 0 Å². The van der Waals surface area contributed by atoms with Crippen LogP contribution >= 0.6 is 0 Å². The van der Waals surface area contributed by atoms with Crippen LogP contribution in [0.3, 0.4) is 0 Å². The van der Waals surface area contributed by atoms with Crippen LogP contribution in [0.2, 0.25) is 0 Å². The highest BCUT2D eigenvalue weighted by Gasteiger charge is 2.15. The number of hydrogen-bond acceptors (Lipinski definition) is 0. The first-order valence-electron chi connectivity index (χ1n) is 5.88. The van der Waals surface area contributed by atoms with Crippen LogP contribution in [0.25, 0.3) is 0 Å². The summed E-state index contributed by atoms with van der Waals surface area (Å²) in [6, 6.07) is 8.90. The third-order valence-electron chi connectivity index (χ3n) is 3.58. The summed E-state index contributed by atoms with van der Waals surface area (Å²) in [7, 11) is 0. The normalized spacial score (nSPS) is 19.5. The van der Waals surface area contributed by atoms with E-state index in [0.29, 0.717) is 0 Å². The third-order valence-corrected chi connectivity index (χ3v) is 3.58. The molecule has 0 saturated carbocycles. The first-order chi connectivity index (χ1) is 7.43. The van der Waals surface area contributed by atoms with Crippen molar-refractivity contribution < 1.29 is 0 Å². The maximum atomic E-state index is 2.35. The number of rotatable bonds is 0. The molecule has 0 heterocycles. The van der Waals surface area contributed by atoms with Crippen LogP contribution in [0.5, 0.6) is 0 Å². The van der Waals surface area contributed by atoms with Gasteiger partial charge < -0.3 is 0 Å². The Morgan fingerprint density at radius 1 is 0.867 bits per heavy atom. The average molecular weight is 196 g/mol. The smallest absolute Gasteiger partial charge is 0.00236 e. The molecule has 0 fully saturated rings. The molecule has 1 aromatic carbocycles. The highest BCUT2D eigenvalue weighted by molar-refractivity contribution is 5.41. The van der Waals surface area contributed by atoms with Crippen LogP contribution < -0.4 is 0 Å². The Hall–Kier alpha value is -1.30. The van der Waals surface area contributed by atoms with E-state index in [1.807, 2.05) is 0 Å². The van der Waals surface area contributed by atoms with Crippen LogP contribution in [0.4, 0.5) is 0 Å². The first-order valence-corrected chi connectivity index (χ1v) is 5.88. The predicted octanol–water partition coefficient (Wildman–Crippen LogP) is 3.82. The first kappa shape index (κ1) is 8.96. The highest BCUT2D eigenvalue weighted by atomic mass is 14.2. The van der Waals surface area contributed by atoms with E-state index in [-0.39, 0.29) is 0 Å². The second-order valence-corrected chi connectivity index (χ2v) is 4.52. The Labute approximate surface area is 91.3 Å². The molecule has 2 aliphatic carbocycles. The zero-order valence-corrected chi connectivity index (χ0v) is 9.00. The van der Waals surface area contributed by atoms with Gasteiger partial charge in [-0.1, -0.05) is 42.0 Å². The number of benzene rings is 1. The number of allylic oxidation sites excluding steroid dienone is 4. The summed E-state index contributed by atoms with van der Waals surface area (Å²) in [4.78, 5) is 0. The van der Waals surface area contributed by atoms with Gasteiger partial charge in [-0.15, -0.1) is 0 Å². The molecule has 0 bridgehead atoms. The minimum Gasteiger partial charge on any atom is -0.0839 e. The number of fused-ring (bicyclic) bond motifs is 1. The Morgan fingerprint density at radius 2 is 1.73 bits per heavy atom. The van der Waals surface area contributed by atoms with Crippen LogP contribution in [0.15, 0.2) is 47.6 Å². The lowest BCUT2D eigenvalue weighted by Crippen LogP contribution is -1.95. The molecule has 2 aliphatic rings. The summed E-state index contributed by atoms with van der Waals surface area (Å²) in [5.74, 6) is 0. The Bertz CT molecular complexity index is 435. The van der Waals surface area contributed by atoms with Gasteiger partial charge in [0, 0.05) is 0 Å². The lowest BCUT2D eigenvalue weighted by molar-refractivity contribution is 0.833. The Balaban J connectivity index is 2.01. The molecule has 15 heavy (non-hydrogen) atoms. The van der Waals surface area contributed by atoms with Crippen molar-refractivity contribution in [1.82, 2.24) is 0 Å². The van der Waals surface area contributed by atoms with Crippen molar-refractivity contribution in [2.45, 2.75) is 32.1 Å². The topological polar surface area (TPSA) is 0 Å². The van der Waals surface area contributed by atoms with Crippen molar-refractivity contribution in [3.05, 3.63) is 58.7 Å². The van der Waals surface area contributed by atoms with Crippen molar-refractivity contribution in [3.63, 3.8) is 0 Å². The lowest BCUT2D eigenvalue weighted by atomic mass is 9.93. The Morgan fingerprint density at radius 3 is 2.67 bits per heavy atom. The highest BCUT2D eigenvalue weighted by Crippen LogP contribution is 2.30. The van der Waals surface area contributed by atoms with Crippen LogP contribution in [-0.4, -0.2) is 0 Å². The van der Waals surface area contributed by atoms with Crippen LogP contribution in [-0.2, 0) is 12.8 Å². The van der Waals surface area contributed by atoms with Gasteiger partial charge in [0.2, 0.25) is 0 Å². The van der Waals surface area contributed by atoms with Gasteiger partial charge in [0.05, 0.1) is 0 Å². The van der Waals surface area contributed by atoms with Gasteiger partial charge in [-0.25, -0.2) is 0 Å². The van der Waals surface area contributed by atoms with E-state index in [9.17, 15) is 0 Å². The summed E-state index contributed by atoms with van der Waals surface area (Å²) in [6.45, 7) is 0. The summed E-state index contributed by atoms with van der Waals surface area (Å²) in [6.07, 6.45) is 10.9. The van der Waals surface area contributed by atoms with Crippen molar-refractivity contribution >= 4 is 0 Å². The third kappa shape index (κ3) is 1.65. The van der Waals surface area contributed by atoms with E-state index in [1.165, 1.54) is 31.2 Å². The summed E-state index contributed by atoms with van der Waals surface area (Å²) in [5.41, 5.74) is 6.38. The van der Waals surface area contributed by atoms with E-state index in [0.717, 1.165) is 6.42 Å². The fourth-order valence-electron chi connectivity index (χ4n) is 2.70. The summed E-state index contributed by atoms with van der Waals surface area (Å²) < 4.78 is 0.